The number of hydrogen-bond donors (Lipinski definition) is 4. The molecule has 4 aliphatic rings. The number of aliphatic carboxylic acids is 1. The molecule has 10 heteroatoms. The molecular weight excluding hydrogens is 482 g/mol. The lowest BCUT2D eigenvalue weighted by Gasteiger charge is -2.60. The van der Waals surface area contributed by atoms with Crippen molar-refractivity contribution in [2.45, 2.75) is 83.3 Å². The number of Topliss-reactive ketones (excluding diaryl/α,β-unsaturated/α-hetero) is 1. The molecule has 0 aliphatic heterocycles. The molecule has 0 saturated heterocycles. The van der Waals surface area contributed by atoms with Crippen LogP contribution in [-0.2, 0) is 28.7 Å². The highest BCUT2D eigenvalue weighted by atomic mass is 16.5. The van der Waals surface area contributed by atoms with Crippen molar-refractivity contribution in [1.82, 2.24) is 5.32 Å². The van der Waals surface area contributed by atoms with Crippen molar-refractivity contribution in [3.63, 3.8) is 0 Å². The van der Waals surface area contributed by atoms with E-state index in [1.807, 2.05) is 6.92 Å². The molecule has 7 atom stereocenters. The van der Waals surface area contributed by atoms with Gasteiger partial charge in [0.2, 0.25) is 11.7 Å². The lowest BCUT2D eigenvalue weighted by atomic mass is 9.45. The lowest BCUT2D eigenvalue weighted by molar-refractivity contribution is -0.184. The van der Waals surface area contributed by atoms with Gasteiger partial charge in [0, 0.05) is 18.3 Å². The minimum atomic E-state index is -1.75. The van der Waals surface area contributed by atoms with E-state index in [1.54, 1.807) is 6.08 Å². The topological polar surface area (TPSA) is 167 Å². The van der Waals surface area contributed by atoms with Crippen LogP contribution in [0.25, 0.3) is 0 Å². The highest BCUT2D eigenvalue weighted by molar-refractivity contribution is 5.92. The maximum Gasteiger partial charge on any atom is 0.322 e. The number of ketones is 2. The molecule has 0 aromatic heterocycles. The molecule has 4 aliphatic carbocycles. The Kier molecular flexibility index (Phi) is 7.38. The predicted molar refractivity (Wildman–Crippen MR) is 129 cm³/mol. The fourth-order valence-corrected chi connectivity index (χ4v) is 7.97. The number of hydrogen-bond acceptors (Lipinski definition) is 8. The van der Waals surface area contributed by atoms with E-state index in [-0.39, 0.29) is 54.6 Å². The second kappa shape index (κ2) is 9.94. The number of rotatable bonds is 8. The van der Waals surface area contributed by atoms with E-state index in [1.165, 1.54) is 0 Å². The van der Waals surface area contributed by atoms with Gasteiger partial charge in [-0.15, -0.1) is 0 Å². The van der Waals surface area contributed by atoms with Gasteiger partial charge in [0.1, 0.15) is 12.1 Å². The van der Waals surface area contributed by atoms with Crippen LogP contribution < -0.4 is 5.32 Å². The van der Waals surface area contributed by atoms with Crippen LogP contribution in [0.5, 0.6) is 0 Å². The highest BCUT2D eigenvalue weighted by Crippen LogP contribution is 2.67. The summed E-state index contributed by atoms with van der Waals surface area (Å²) in [5.74, 6) is -3.01. The van der Waals surface area contributed by atoms with Crippen molar-refractivity contribution >= 4 is 29.4 Å². The van der Waals surface area contributed by atoms with Crippen molar-refractivity contribution in [2.75, 3.05) is 13.2 Å². The molecule has 4 N–H and O–H groups in total. The van der Waals surface area contributed by atoms with Gasteiger partial charge < -0.3 is 25.4 Å². The van der Waals surface area contributed by atoms with Gasteiger partial charge in [-0.05, 0) is 67.8 Å². The zero-order valence-corrected chi connectivity index (χ0v) is 21.5. The van der Waals surface area contributed by atoms with Crippen LogP contribution in [0.1, 0.15) is 71.6 Å². The number of carboxylic acids is 1. The first-order valence-electron chi connectivity index (χ1n) is 13.1. The van der Waals surface area contributed by atoms with Gasteiger partial charge in [-0.25, -0.2) is 0 Å². The molecular formula is C27H37NO9. The van der Waals surface area contributed by atoms with Crippen molar-refractivity contribution in [3.05, 3.63) is 11.6 Å². The third-order valence-electron chi connectivity index (χ3n) is 9.87. The number of fused-ring (bicyclic) bond motifs is 5. The van der Waals surface area contributed by atoms with E-state index in [2.05, 4.69) is 12.2 Å². The standard InChI is InChI=1S/C27H37NO9/c1-25-9-7-16(29)11-15(25)3-4-17-18-8-10-27(36,26(18,2)12-19(30)24(17)25)20(31)14-37-23(35)6-5-21(32)28-13-22(33)34/h11,17-19,24,30,36H,3-10,12-14H2,1-2H3,(H,28,32)(H,33,34)/t17-,18-,19-,24+,25+,26+,27-/m1/s1. The number of esters is 1. The van der Waals surface area contributed by atoms with Crippen LogP contribution in [0.15, 0.2) is 11.6 Å². The van der Waals surface area contributed by atoms with E-state index >= 15 is 0 Å². The molecule has 4 rings (SSSR count). The summed E-state index contributed by atoms with van der Waals surface area (Å²) in [6.45, 7) is 2.81. The molecule has 204 valence electrons. The summed E-state index contributed by atoms with van der Waals surface area (Å²) in [4.78, 5) is 59.5. The first-order chi connectivity index (χ1) is 17.3. The van der Waals surface area contributed by atoms with Crippen molar-refractivity contribution in [1.29, 1.82) is 0 Å². The van der Waals surface area contributed by atoms with Crippen molar-refractivity contribution in [3.8, 4) is 0 Å². The van der Waals surface area contributed by atoms with Gasteiger partial charge in [-0.3, -0.25) is 24.0 Å². The summed E-state index contributed by atoms with van der Waals surface area (Å²) in [6, 6.07) is 0. The fraction of sp³-hybridized carbons (Fsp3) is 0.741. The number of ether oxygens (including phenoxy) is 1. The van der Waals surface area contributed by atoms with Gasteiger partial charge in [0.25, 0.3) is 0 Å². The Morgan fingerprint density at radius 2 is 1.84 bits per heavy atom. The Morgan fingerprint density at radius 1 is 1.11 bits per heavy atom. The fourth-order valence-electron chi connectivity index (χ4n) is 7.97. The number of amides is 1. The largest absolute Gasteiger partial charge is 0.480 e. The first kappa shape index (κ1) is 27.4. The van der Waals surface area contributed by atoms with Gasteiger partial charge >= 0.3 is 11.9 Å². The monoisotopic (exact) mass is 519 g/mol. The number of carboxylic acid groups (broad SMARTS) is 1. The number of carbonyl (C=O) groups is 5. The second-order valence-corrected chi connectivity index (χ2v) is 11.7. The van der Waals surface area contributed by atoms with Crippen molar-refractivity contribution < 1.29 is 44.0 Å². The Labute approximate surface area is 215 Å². The molecule has 1 amide bonds. The Bertz CT molecular complexity index is 1040. The summed E-state index contributed by atoms with van der Waals surface area (Å²) < 4.78 is 5.07. The molecule has 0 aromatic carbocycles. The van der Waals surface area contributed by atoms with Crippen LogP contribution in [0.3, 0.4) is 0 Å². The molecule has 0 bridgehead atoms. The molecule has 0 unspecified atom stereocenters. The van der Waals surface area contributed by atoms with Gasteiger partial charge in [0.15, 0.2) is 12.4 Å². The summed E-state index contributed by atoms with van der Waals surface area (Å²) in [5, 5.41) is 33.8. The Morgan fingerprint density at radius 3 is 2.54 bits per heavy atom. The summed E-state index contributed by atoms with van der Waals surface area (Å²) in [5.41, 5.74) is -1.78. The molecule has 0 spiro atoms. The molecule has 0 radical (unpaired) electrons. The van der Waals surface area contributed by atoms with E-state index in [4.69, 9.17) is 9.84 Å². The second-order valence-electron chi connectivity index (χ2n) is 11.7. The average molecular weight is 520 g/mol. The van der Waals surface area contributed by atoms with Crippen LogP contribution in [0, 0.1) is 28.6 Å². The SMILES string of the molecule is C[C@]12CCC(=O)C=C1CC[C@H]1[C@H]2[C@H](O)C[C@@]2(C)[C@@H]1CC[C@@]2(O)C(=O)COC(=O)CCC(=O)NCC(=O)O. The summed E-state index contributed by atoms with van der Waals surface area (Å²) in [6.07, 6.45) is 4.24. The molecule has 0 aromatic rings. The van der Waals surface area contributed by atoms with Gasteiger partial charge in [-0.1, -0.05) is 19.4 Å². The van der Waals surface area contributed by atoms with E-state index < -0.39 is 53.9 Å². The lowest BCUT2D eigenvalue weighted by Crippen LogP contribution is -2.62. The number of aliphatic hydroxyl groups is 2. The number of nitrogens with one attached hydrogen (secondary N) is 1. The highest BCUT2D eigenvalue weighted by Gasteiger charge is 2.68. The Hall–Kier alpha value is -2.59. The summed E-state index contributed by atoms with van der Waals surface area (Å²) in [7, 11) is 0. The van der Waals surface area contributed by atoms with E-state index in [9.17, 15) is 34.2 Å². The van der Waals surface area contributed by atoms with Crippen LogP contribution in [-0.4, -0.2) is 69.6 Å². The van der Waals surface area contributed by atoms with Crippen LogP contribution in [0.4, 0.5) is 0 Å². The zero-order chi connectivity index (χ0) is 27.2. The maximum absolute atomic E-state index is 13.2. The smallest absolute Gasteiger partial charge is 0.322 e. The van der Waals surface area contributed by atoms with Crippen LogP contribution in [0.2, 0.25) is 0 Å². The molecule has 0 heterocycles. The van der Waals surface area contributed by atoms with Gasteiger partial charge in [-0.2, -0.15) is 0 Å². The predicted octanol–water partition coefficient (Wildman–Crippen LogP) is 1.31. The zero-order valence-electron chi connectivity index (χ0n) is 21.5. The average Bonchev–Trinajstić information content (AvgIpc) is 3.11. The minimum Gasteiger partial charge on any atom is -0.480 e. The molecule has 3 fully saturated rings. The first-order valence-corrected chi connectivity index (χ1v) is 13.1. The summed E-state index contributed by atoms with van der Waals surface area (Å²) >= 11 is 0. The Balaban J connectivity index is 1.41. The number of carbonyl (C=O) groups excluding carboxylic acids is 4. The van der Waals surface area contributed by atoms with Gasteiger partial charge in [0.05, 0.1) is 12.5 Å². The molecule has 3 saturated carbocycles. The minimum absolute atomic E-state index is 0.0134. The molecule has 10 nitrogen and oxygen atoms in total. The maximum atomic E-state index is 13.2. The third kappa shape index (κ3) is 4.74. The normalized spacial score (nSPS) is 38.5. The van der Waals surface area contributed by atoms with Crippen LogP contribution >= 0.6 is 0 Å². The number of aliphatic hydroxyl groups excluding tert-OH is 1. The third-order valence-corrected chi connectivity index (χ3v) is 9.87. The molecule has 37 heavy (non-hydrogen) atoms. The quantitative estimate of drug-likeness (QED) is 0.346. The van der Waals surface area contributed by atoms with Crippen molar-refractivity contribution in [2.24, 2.45) is 28.6 Å². The number of allylic oxidation sites excluding steroid dienone is 1. The van der Waals surface area contributed by atoms with E-state index in [0.717, 1.165) is 18.4 Å². The van der Waals surface area contributed by atoms with E-state index in [0.29, 0.717) is 19.3 Å².